The van der Waals surface area contributed by atoms with Gasteiger partial charge in [0, 0.05) is 48.8 Å². The third-order valence-corrected chi connectivity index (χ3v) is 6.68. The fraction of sp³-hybridized carbons (Fsp3) is 0.321. The van der Waals surface area contributed by atoms with Crippen LogP contribution in [0.2, 0.25) is 5.15 Å². The molecule has 0 aliphatic heterocycles. The van der Waals surface area contributed by atoms with E-state index in [0.29, 0.717) is 23.6 Å². The number of benzene rings is 2. The average molecular weight is 550 g/mol. The number of likely N-dealkylation sites (N-methyl/N-ethyl adjacent to an activating group) is 1. The molecule has 2 aromatic carbocycles. The topological polar surface area (TPSA) is 139 Å². The average Bonchev–Trinajstić information content (AvgIpc) is 3.40. The van der Waals surface area contributed by atoms with Crippen LogP contribution in [0.25, 0.3) is 0 Å². The molecule has 0 unspecified atom stereocenters. The van der Waals surface area contributed by atoms with Crippen LogP contribution in [-0.2, 0) is 22.4 Å². The van der Waals surface area contributed by atoms with Crippen molar-refractivity contribution in [1.29, 1.82) is 0 Å². The van der Waals surface area contributed by atoms with Crippen LogP contribution in [0, 0.1) is 0 Å². The predicted molar refractivity (Wildman–Crippen MR) is 148 cm³/mol. The number of aromatic nitrogens is 2. The van der Waals surface area contributed by atoms with Crippen molar-refractivity contribution in [3.63, 3.8) is 0 Å². The summed E-state index contributed by atoms with van der Waals surface area (Å²) in [6, 6.07) is 16.1. The van der Waals surface area contributed by atoms with Crippen LogP contribution in [0.15, 0.2) is 54.6 Å². The standard InChI is InChI=1S/C28H31ClN6O4/c1-35(17-24(36)30-19-9-5-6-10-19)27-22(16-25(37)38)26(29)33-23(34-27)15-18-11-13-21(14-12-18)32-28(39)31-20-7-3-2-4-8-20/h2-4,7-8,11-14,19H,5-6,9-10,15-17H2,1H3,(H,30,36)(H,37,38)(H2,31,32,39)/p-1. The molecule has 1 saturated carbocycles. The van der Waals surface area contributed by atoms with Crippen molar-refractivity contribution >= 4 is 46.7 Å². The van der Waals surface area contributed by atoms with Gasteiger partial charge in [-0.1, -0.05) is 54.8 Å². The molecule has 10 nitrogen and oxygen atoms in total. The van der Waals surface area contributed by atoms with E-state index in [0.717, 1.165) is 31.2 Å². The highest BCUT2D eigenvalue weighted by molar-refractivity contribution is 6.30. The first-order chi connectivity index (χ1) is 18.8. The Bertz CT molecular complexity index is 1310. The second-order valence-electron chi connectivity index (χ2n) is 9.51. The zero-order valence-corrected chi connectivity index (χ0v) is 22.3. The van der Waals surface area contributed by atoms with E-state index >= 15 is 0 Å². The van der Waals surface area contributed by atoms with Crippen molar-refractivity contribution in [2.24, 2.45) is 0 Å². The summed E-state index contributed by atoms with van der Waals surface area (Å²) in [5.74, 6) is -0.855. The minimum absolute atomic E-state index is 0.00174. The van der Waals surface area contributed by atoms with Gasteiger partial charge in [0.05, 0.1) is 6.54 Å². The van der Waals surface area contributed by atoms with Crippen LogP contribution >= 0.6 is 11.6 Å². The first-order valence-electron chi connectivity index (χ1n) is 12.7. The van der Waals surface area contributed by atoms with Crippen molar-refractivity contribution < 1.29 is 19.5 Å². The van der Waals surface area contributed by atoms with Crippen LogP contribution in [-0.4, -0.2) is 47.5 Å². The number of aliphatic carboxylic acids is 1. The molecule has 0 spiro atoms. The number of carboxylic acid groups (broad SMARTS) is 1. The van der Waals surface area contributed by atoms with Crippen molar-refractivity contribution in [3.8, 4) is 0 Å². The van der Waals surface area contributed by atoms with Gasteiger partial charge in [-0.3, -0.25) is 4.79 Å². The van der Waals surface area contributed by atoms with Crippen LogP contribution < -0.4 is 26.0 Å². The summed E-state index contributed by atoms with van der Waals surface area (Å²) in [4.78, 5) is 46.7. The molecule has 3 amide bonds. The van der Waals surface area contributed by atoms with Gasteiger partial charge in [-0.25, -0.2) is 14.8 Å². The number of halogens is 1. The molecule has 0 radical (unpaired) electrons. The lowest BCUT2D eigenvalue weighted by atomic mass is 10.1. The Morgan fingerprint density at radius 1 is 0.974 bits per heavy atom. The Balaban J connectivity index is 1.44. The van der Waals surface area contributed by atoms with E-state index in [1.807, 2.05) is 30.3 Å². The van der Waals surface area contributed by atoms with Crippen molar-refractivity contribution in [2.45, 2.75) is 44.6 Å². The molecule has 3 aromatic rings. The van der Waals surface area contributed by atoms with E-state index < -0.39 is 12.4 Å². The molecule has 0 saturated heterocycles. The smallest absolute Gasteiger partial charge is 0.323 e. The number of carbonyl (C=O) groups excluding carboxylic acids is 3. The Hall–Kier alpha value is -4.18. The van der Waals surface area contributed by atoms with Gasteiger partial charge in [-0.2, -0.15) is 0 Å². The zero-order chi connectivity index (χ0) is 27.8. The van der Waals surface area contributed by atoms with Crippen molar-refractivity contribution in [3.05, 3.63) is 76.7 Å². The van der Waals surface area contributed by atoms with Crippen molar-refractivity contribution in [2.75, 3.05) is 29.1 Å². The number of carbonyl (C=O) groups is 3. The Morgan fingerprint density at radius 2 is 1.62 bits per heavy atom. The van der Waals surface area contributed by atoms with Crippen LogP contribution in [0.5, 0.6) is 0 Å². The SMILES string of the molecule is CN(CC(=O)NC1CCCC1)c1nc(Cc2ccc(NC(=O)Nc3ccccc3)cc2)nc(Cl)c1CC(=O)[O-]. The van der Waals surface area contributed by atoms with E-state index in [4.69, 9.17) is 11.6 Å². The summed E-state index contributed by atoms with van der Waals surface area (Å²) < 4.78 is 0. The maximum absolute atomic E-state index is 12.6. The summed E-state index contributed by atoms with van der Waals surface area (Å²) in [5, 5.41) is 19.9. The maximum atomic E-state index is 12.6. The van der Waals surface area contributed by atoms with Gasteiger partial charge in [-0.15, -0.1) is 0 Å². The molecule has 4 rings (SSSR count). The number of nitrogens with one attached hydrogen (secondary N) is 3. The van der Waals surface area contributed by atoms with E-state index in [1.165, 1.54) is 0 Å². The molecule has 0 atom stereocenters. The molecule has 1 aliphatic carbocycles. The van der Waals surface area contributed by atoms with E-state index in [9.17, 15) is 19.5 Å². The Kier molecular flexibility index (Phi) is 9.32. The monoisotopic (exact) mass is 549 g/mol. The summed E-state index contributed by atoms with van der Waals surface area (Å²) >= 11 is 6.39. The predicted octanol–water partition coefficient (Wildman–Crippen LogP) is 3.15. The number of rotatable bonds is 10. The van der Waals surface area contributed by atoms with Crippen LogP contribution in [0.4, 0.5) is 22.0 Å². The largest absolute Gasteiger partial charge is 0.550 e. The number of hydrogen-bond acceptors (Lipinski definition) is 7. The number of nitrogens with zero attached hydrogens (tertiary/aromatic N) is 3. The normalized spacial score (nSPS) is 13.1. The number of hydrogen-bond donors (Lipinski definition) is 3. The molecule has 0 bridgehead atoms. The molecular formula is C28H30ClN6O4-. The fourth-order valence-electron chi connectivity index (χ4n) is 4.52. The number of anilines is 3. The van der Waals surface area contributed by atoms with E-state index in [-0.39, 0.29) is 41.1 Å². The molecular weight excluding hydrogens is 520 g/mol. The van der Waals surface area contributed by atoms with Gasteiger partial charge in [0.1, 0.15) is 16.8 Å². The number of para-hydroxylation sites is 1. The number of amides is 3. The Labute approximate surface area is 231 Å². The molecule has 1 heterocycles. The molecule has 1 aromatic heterocycles. The number of carboxylic acids is 1. The highest BCUT2D eigenvalue weighted by Gasteiger charge is 2.21. The lowest BCUT2D eigenvalue weighted by Crippen LogP contribution is -2.40. The van der Waals surface area contributed by atoms with E-state index in [1.54, 1.807) is 36.2 Å². The molecule has 39 heavy (non-hydrogen) atoms. The lowest BCUT2D eigenvalue weighted by molar-refractivity contribution is -0.304. The summed E-state index contributed by atoms with van der Waals surface area (Å²) in [6.45, 7) is -0.00522. The Morgan fingerprint density at radius 3 is 2.26 bits per heavy atom. The third kappa shape index (κ3) is 8.15. The highest BCUT2D eigenvalue weighted by Crippen LogP contribution is 2.26. The molecule has 1 fully saturated rings. The van der Waals surface area contributed by atoms with Gasteiger partial charge in [-0.05, 0) is 42.7 Å². The van der Waals surface area contributed by atoms with Crippen LogP contribution in [0.3, 0.4) is 0 Å². The minimum atomic E-state index is -1.32. The molecule has 204 valence electrons. The van der Waals surface area contributed by atoms with Crippen LogP contribution in [0.1, 0.15) is 42.6 Å². The van der Waals surface area contributed by atoms with Gasteiger partial charge in [0.2, 0.25) is 5.91 Å². The minimum Gasteiger partial charge on any atom is -0.550 e. The number of urea groups is 1. The lowest BCUT2D eigenvalue weighted by Gasteiger charge is -2.23. The highest BCUT2D eigenvalue weighted by atomic mass is 35.5. The zero-order valence-electron chi connectivity index (χ0n) is 21.6. The summed E-state index contributed by atoms with van der Waals surface area (Å²) in [6.07, 6.45) is 3.94. The molecule has 3 N–H and O–H groups in total. The molecule has 11 heteroatoms. The third-order valence-electron chi connectivity index (χ3n) is 6.37. The second-order valence-corrected chi connectivity index (χ2v) is 9.86. The maximum Gasteiger partial charge on any atom is 0.323 e. The van der Waals surface area contributed by atoms with Crippen molar-refractivity contribution in [1.82, 2.24) is 15.3 Å². The van der Waals surface area contributed by atoms with Gasteiger partial charge in [0.25, 0.3) is 0 Å². The van der Waals surface area contributed by atoms with Gasteiger partial charge >= 0.3 is 6.03 Å². The molecule has 1 aliphatic rings. The summed E-state index contributed by atoms with van der Waals surface area (Å²) in [7, 11) is 1.66. The van der Waals surface area contributed by atoms with Gasteiger partial charge < -0.3 is 30.8 Å². The van der Waals surface area contributed by atoms with Gasteiger partial charge in [0.15, 0.2) is 0 Å². The first kappa shape index (κ1) is 27.8. The quantitative estimate of drug-likeness (QED) is 0.330. The first-order valence-corrected chi connectivity index (χ1v) is 13.1. The summed E-state index contributed by atoms with van der Waals surface area (Å²) in [5.41, 5.74) is 2.32. The fourth-order valence-corrected chi connectivity index (χ4v) is 4.76. The second kappa shape index (κ2) is 13.1. The van der Waals surface area contributed by atoms with E-state index in [2.05, 4.69) is 25.9 Å².